The van der Waals surface area contributed by atoms with Crippen LogP contribution < -0.4 is 15.8 Å². The Morgan fingerprint density at radius 3 is 2.70 bits per heavy atom. The molecule has 1 aliphatic rings. The van der Waals surface area contributed by atoms with Gasteiger partial charge in [-0.2, -0.15) is 0 Å². The van der Waals surface area contributed by atoms with Crippen molar-refractivity contribution >= 4 is 28.2 Å². The third-order valence-corrected chi connectivity index (χ3v) is 4.01. The predicted molar refractivity (Wildman–Crippen MR) is 89.6 cm³/mol. The van der Waals surface area contributed by atoms with Crippen molar-refractivity contribution in [1.29, 1.82) is 0 Å². The van der Waals surface area contributed by atoms with Crippen LogP contribution in [0, 0.1) is 0 Å². The summed E-state index contributed by atoms with van der Waals surface area (Å²) >= 11 is 0. The zero-order valence-electron chi connectivity index (χ0n) is 12.4. The molecule has 114 valence electrons. The van der Waals surface area contributed by atoms with Crippen LogP contribution in [0.1, 0.15) is 12.0 Å². The van der Waals surface area contributed by atoms with Crippen molar-refractivity contribution in [2.24, 2.45) is 0 Å². The summed E-state index contributed by atoms with van der Waals surface area (Å²) in [6.07, 6.45) is 2.70. The minimum absolute atomic E-state index is 0.0138. The first-order chi connectivity index (χ1) is 11.2. The molecule has 0 unspecified atom stereocenters. The van der Waals surface area contributed by atoms with Gasteiger partial charge in [0.05, 0.1) is 0 Å². The molecule has 0 atom stereocenters. The second-order valence-electron chi connectivity index (χ2n) is 5.48. The highest BCUT2D eigenvalue weighted by molar-refractivity contribution is 5.97. The van der Waals surface area contributed by atoms with Gasteiger partial charge < -0.3 is 15.8 Å². The molecule has 0 fully saturated rings. The highest BCUT2D eigenvalue weighted by atomic mass is 16.5. The van der Waals surface area contributed by atoms with Crippen LogP contribution in [-0.4, -0.2) is 10.9 Å². The van der Waals surface area contributed by atoms with Crippen molar-refractivity contribution in [3.63, 3.8) is 0 Å². The number of carbonyl (C=O) groups is 1. The van der Waals surface area contributed by atoms with E-state index in [1.165, 1.54) is 0 Å². The highest BCUT2D eigenvalue weighted by Gasteiger charge is 2.20. The Labute approximate surface area is 133 Å². The maximum atomic E-state index is 11.5. The summed E-state index contributed by atoms with van der Waals surface area (Å²) in [6, 6.07) is 13.4. The molecule has 0 saturated carbocycles. The maximum absolute atomic E-state index is 11.5. The van der Waals surface area contributed by atoms with Gasteiger partial charge in [-0.1, -0.05) is 24.3 Å². The Hall–Kier alpha value is -3.08. The summed E-state index contributed by atoms with van der Waals surface area (Å²) in [4.78, 5) is 15.7. The number of fused-ring (bicyclic) bond motifs is 2. The number of hydrogen-bond acceptors (Lipinski definition) is 4. The largest absolute Gasteiger partial charge is 0.456 e. The third kappa shape index (κ3) is 2.36. The van der Waals surface area contributed by atoms with E-state index in [2.05, 4.69) is 10.3 Å². The van der Waals surface area contributed by atoms with Gasteiger partial charge in [0.15, 0.2) is 0 Å². The molecule has 1 aliphatic heterocycles. The zero-order valence-corrected chi connectivity index (χ0v) is 12.4. The van der Waals surface area contributed by atoms with Gasteiger partial charge in [0, 0.05) is 34.6 Å². The van der Waals surface area contributed by atoms with Crippen LogP contribution in [0.25, 0.3) is 10.8 Å². The number of pyridine rings is 1. The number of carbonyl (C=O) groups excluding carboxylic acids is 1. The number of hydrogen-bond donors (Lipinski definition) is 2. The van der Waals surface area contributed by atoms with E-state index in [1.807, 2.05) is 42.5 Å². The molecule has 5 heteroatoms. The maximum Gasteiger partial charge on any atom is 0.225 e. The van der Waals surface area contributed by atoms with Crippen LogP contribution in [0.4, 0.5) is 11.5 Å². The van der Waals surface area contributed by atoms with E-state index in [0.29, 0.717) is 24.4 Å². The first-order valence-corrected chi connectivity index (χ1v) is 7.45. The van der Waals surface area contributed by atoms with Gasteiger partial charge in [0.1, 0.15) is 17.3 Å². The van der Waals surface area contributed by atoms with Gasteiger partial charge in [-0.25, -0.2) is 4.98 Å². The topological polar surface area (TPSA) is 77.2 Å². The lowest BCUT2D eigenvalue weighted by Gasteiger charge is -2.19. The minimum atomic E-state index is -0.0138. The van der Waals surface area contributed by atoms with Crippen molar-refractivity contribution in [3.8, 4) is 11.5 Å². The molecule has 0 saturated heterocycles. The van der Waals surface area contributed by atoms with Crippen LogP contribution in [0.2, 0.25) is 0 Å². The standard InChI is InChI=1S/C18H15N3O2/c19-14-6-7-15(12-4-2-1-3-11(12)14)23-16-9-10-20-18-13(16)5-8-17(22)21-18/h1-4,6-7,9-10H,5,8,19H2,(H,20,21,22). The summed E-state index contributed by atoms with van der Waals surface area (Å²) in [7, 11) is 0. The molecule has 3 aromatic rings. The van der Waals surface area contributed by atoms with Gasteiger partial charge in [0.2, 0.25) is 5.91 Å². The minimum Gasteiger partial charge on any atom is -0.456 e. The molecule has 4 rings (SSSR count). The Balaban J connectivity index is 1.79. The Kier molecular flexibility index (Phi) is 3.12. The number of aromatic nitrogens is 1. The number of nitrogens with one attached hydrogen (secondary N) is 1. The highest BCUT2D eigenvalue weighted by Crippen LogP contribution is 2.36. The number of nitrogens with two attached hydrogens (primary N) is 1. The number of ether oxygens (including phenoxy) is 1. The number of nitrogen functional groups attached to an aromatic ring is 1. The average Bonchev–Trinajstić information content (AvgIpc) is 2.57. The summed E-state index contributed by atoms with van der Waals surface area (Å²) in [5.41, 5.74) is 7.68. The van der Waals surface area contributed by atoms with Crippen molar-refractivity contribution in [2.45, 2.75) is 12.8 Å². The first kappa shape index (κ1) is 13.6. The van der Waals surface area contributed by atoms with Crippen LogP contribution in [0.5, 0.6) is 11.5 Å². The van der Waals surface area contributed by atoms with E-state index < -0.39 is 0 Å². The molecule has 3 N–H and O–H groups in total. The second-order valence-corrected chi connectivity index (χ2v) is 5.48. The van der Waals surface area contributed by atoms with Crippen molar-refractivity contribution < 1.29 is 9.53 Å². The second kappa shape index (κ2) is 5.28. The fraction of sp³-hybridized carbons (Fsp3) is 0.111. The molecule has 2 heterocycles. The van der Waals surface area contributed by atoms with Gasteiger partial charge in [-0.05, 0) is 24.6 Å². The lowest BCUT2D eigenvalue weighted by Crippen LogP contribution is -2.20. The molecule has 1 aromatic heterocycles. The fourth-order valence-electron chi connectivity index (χ4n) is 2.85. The predicted octanol–water partition coefficient (Wildman–Crippen LogP) is 3.49. The summed E-state index contributed by atoms with van der Waals surface area (Å²) in [5, 5.41) is 4.70. The Bertz CT molecular complexity index is 921. The van der Waals surface area contributed by atoms with E-state index in [4.69, 9.17) is 10.5 Å². The van der Waals surface area contributed by atoms with Gasteiger partial charge >= 0.3 is 0 Å². The molecular formula is C18H15N3O2. The van der Waals surface area contributed by atoms with Crippen LogP contribution in [0.15, 0.2) is 48.7 Å². The van der Waals surface area contributed by atoms with Crippen LogP contribution >= 0.6 is 0 Å². The molecule has 0 radical (unpaired) electrons. The SMILES string of the molecule is Nc1ccc(Oc2ccnc3c2CCC(=O)N3)c2ccccc12. The molecule has 23 heavy (non-hydrogen) atoms. The van der Waals surface area contributed by atoms with E-state index in [9.17, 15) is 4.79 Å². The number of amides is 1. The molecule has 0 bridgehead atoms. The third-order valence-electron chi connectivity index (χ3n) is 4.01. The van der Waals surface area contributed by atoms with Crippen LogP contribution in [-0.2, 0) is 11.2 Å². The number of anilines is 2. The van der Waals surface area contributed by atoms with E-state index >= 15 is 0 Å². The van der Waals surface area contributed by atoms with E-state index in [-0.39, 0.29) is 5.91 Å². The Morgan fingerprint density at radius 1 is 1.00 bits per heavy atom. The summed E-state index contributed by atoms with van der Waals surface area (Å²) in [6.45, 7) is 0. The number of nitrogens with zero attached hydrogens (tertiary/aromatic N) is 1. The first-order valence-electron chi connectivity index (χ1n) is 7.45. The smallest absolute Gasteiger partial charge is 0.225 e. The molecule has 0 spiro atoms. The molecule has 5 nitrogen and oxygen atoms in total. The van der Waals surface area contributed by atoms with Crippen molar-refractivity contribution in [2.75, 3.05) is 11.1 Å². The number of benzene rings is 2. The summed E-state index contributed by atoms with van der Waals surface area (Å²) < 4.78 is 6.13. The zero-order chi connectivity index (χ0) is 15.8. The average molecular weight is 305 g/mol. The quantitative estimate of drug-likeness (QED) is 0.710. The molecule has 0 aliphatic carbocycles. The van der Waals surface area contributed by atoms with Gasteiger partial charge in [0.25, 0.3) is 0 Å². The van der Waals surface area contributed by atoms with Crippen molar-refractivity contribution in [1.82, 2.24) is 4.98 Å². The Morgan fingerprint density at radius 2 is 1.83 bits per heavy atom. The van der Waals surface area contributed by atoms with Crippen LogP contribution in [0.3, 0.4) is 0 Å². The normalized spacial score (nSPS) is 13.5. The van der Waals surface area contributed by atoms with Crippen molar-refractivity contribution in [3.05, 3.63) is 54.2 Å². The van der Waals surface area contributed by atoms with E-state index in [0.717, 1.165) is 27.8 Å². The molecule has 2 aromatic carbocycles. The lowest BCUT2D eigenvalue weighted by molar-refractivity contribution is -0.116. The monoisotopic (exact) mass is 305 g/mol. The van der Waals surface area contributed by atoms with Gasteiger partial charge in [-0.15, -0.1) is 0 Å². The lowest BCUT2D eigenvalue weighted by atomic mass is 10.1. The number of rotatable bonds is 2. The molecular weight excluding hydrogens is 290 g/mol. The fourth-order valence-corrected chi connectivity index (χ4v) is 2.85. The van der Waals surface area contributed by atoms with E-state index in [1.54, 1.807) is 6.20 Å². The van der Waals surface area contributed by atoms with Gasteiger partial charge in [-0.3, -0.25) is 4.79 Å². The molecule has 1 amide bonds. The summed E-state index contributed by atoms with van der Waals surface area (Å²) in [5.74, 6) is 2.02.